The van der Waals surface area contributed by atoms with Gasteiger partial charge in [-0.25, -0.2) is 0 Å². The predicted octanol–water partition coefficient (Wildman–Crippen LogP) is 4.06. The minimum absolute atomic E-state index is 0.200. The van der Waals surface area contributed by atoms with Gasteiger partial charge in [0.25, 0.3) is 0 Å². The van der Waals surface area contributed by atoms with E-state index in [1.165, 1.54) is 0 Å². The van der Waals surface area contributed by atoms with Crippen LogP contribution >= 0.6 is 23.2 Å². The third-order valence-electron chi connectivity index (χ3n) is 2.37. The highest BCUT2D eigenvalue weighted by molar-refractivity contribution is 6.35. The topological polar surface area (TPSA) is 12.0 Å². The first-order valence-corrected chi connectivity index (χ1v) is 6.06. The molecule has 86 valence electrons. The van der Waals surface area contributed by atoms with Crippen molar-refractivity contribution >= 4 is 23.2 Å². The fourth-order valence-electron chi connectivity index (χ4n) is 1.63. The molecule has 0 saturated heterocycles. The molecule has 0 bridgehead atoms. The van der Waals surface area contributed by atoms with E-state index >= 15 is 0 Å². The van der Waals surface area contributed by atoms with Gasteiger partial charge in [-0.1, -0.05) is 36.2 Å². The highest BCUT2D eigenvalue weighted by Gasteiger charge is 2.13. The summed E-state index contributed by atoms with van der Waals surface area (Å²) in [4.78, 5) is 0. The summed E-state index contributed by atoms with van der Waals surface area (Å²) in [6.07, 6.45) is 6.89. The Balaban J connectivity index is 2.87. The molecule has 1 atom stereocenters. The summed E-state index contributed by atoms with van der Waals surface area (Å²) < 4.78 is 0. The fraction of sp³-hybridized carbons (Fsp3) is 0.385. The van der Waals surface area contributed by atoms with E-state index in [9.17, 15) is 0 Å². The number of benzene rings is 1. The summed E-state index contributed by atoms with van der Waals surface area (Å²) in [6, 6.07) is 5.77. The first kappa shape index (κ1) is 13.4. The van der Waals surface area contributed by atoms with E-state index in [0.29, 0.717) is 10.0 Å². The number of halogens is 2. The highest BCUT2D eigenvalue weighted by Crippen LogP contribution is 2.28. The largest absolute Gasteiger partial charge is 0.310 e. The Morgan fingerprint density at radius 1 is 1.44 bits per heavy atom. The Hall–Kier alpha value is -0.680. The number of hydrogen-bond acceptors (Lipinski definition) is 1. The van der Waals surface area contributed by atoms with Gasteiger partial charge in [0.15, 0.2) is 0 Å². The zero-order chi connectivity index (χ0) is 12.0. The summed E-state index contributed by atoms with van der Waals surface area (Å²) in [7, 11) is 0. The Morgan fingerprint density at radius 3 is 2.75 bits per heavy atom. The van der Waals surface area contributed by atoms with Crippen molar-refractivity contribution in [2.24, 2.45) is 0 Å². The molecule has 0 aliphatic heterocycles. The lowest BCUT2D eigenvalue weighted by Crippen LogP contribution is -2.21. The van der Waals surface area contributed by atoms with Crippen LogP contribution in [0.4, 0.5) is 0 Å². The van der Waals surface area contributed by atoms with Crippen molar-refractivity contribution in [3.63, 3.8) is 0 Å². The van der Waals surface area contributed by atoms with E-state index in [1.807, 2.05) is 12.1 Å². The Kier molecular flexibility index (Phi) is 5.69. The molecule has 1 aromatic rings. The van der Waals surface area contributed by atoms with Crippen molar-refractivity contribution < 1.29 is 0 Å². The van der Waals surface area contributed by atoms with Crippen molar-refractivity contribution in [3.05, 3.63) is 33.8 Å². The van der Waals surface area contributed by atoms with Gasteiger partial charge in [-0.3, -0.25) is 0 Å². The summed E-state index contributed by atoms with van der Waals surface area (Å²) in [5, 5.41) is 4.71. The van der Waals surface area contributed by atoms with Gasteiger partial charge in [0, 0.05) is 22.5 Å². The number of terminal acetylenes is 1. The molecule has 1 N–H and O–H groups in total. The zero-order valence-electron chi connectivity index (χ0n) is 9.26. The zero-order valence-corrected chi connectivity index (χ0v) is 10.8. The second kappa shape index (κ2) is 6.81. The smallest absolute Gasteiger partial charge is 0.0468 e. The maximum Gasteiger partial charge on any atom is 0.0468 e. The van der Waals surface area contributed by atoms with Crippen LogP contribution in [-0.4, -0.2) is 6.54 Å². The predicted molar refractivity (Wildman–Crippen MR) is 70.9 cm³/mol. The normalized spacial score (nSPS) is 12.1. The van der Waals surface area contributed by atoms with Crippen LogP contribution in [-0.2, 0) is 0 Å². The molecule has 0 spiro atoms. The maximum atomic E-state index is 6.16. The van der Waals surface area contributed by atoms with Gasteiger partial charge in [0.2, 0.25) is 0 Å². The fourth-order valence-corrected chi connectivity index (χ4v) is 2.17. The van der Waals surface area contributed by atoms with Crippen LogP contribution in [0.2, 0.25) is 10.0 Å². The molecule has 1 aromatic carbocycles. The molecular weight excluding hydrogens is 241 g/mol. The van der Waals surface area contributed by atoms with Crippen LogP contribution in [0, 0.1) is 12.3 Å². The van der Waals surface area contributed by atoms with E-state index in [2.05, 4.69) is 18.2 Å². The minimum atomic E-state index is 0.200. The summed E-state index contributed by atoms with van der Waals surface area (Å²) in [5.41, 5.74) is 1.06. The third-order valence-corrected chi connectivity index (χ3v) is 2.93. The van der Waals surface area contributed by atoms with Gasteiger partial charge < -0.3 is 5.32 Å². The number of rotatable bonds is 5. The molecule has 0 aliphatic rings. The van der Waals surface area contributed by atoms with Gasteiger partial charge in [0.05, 0.1) is 0 Å². The molecule has 1 rings (SSSR count). The van der Waals surface area contributed by atoms with Crippen molar-refractivity contribution in [2.75, 3.05) is 6.54 Å². The molecule has 3 heteroatoms. The maximum absolute atomic E-state index is 6.16. The van der Waals surface area contributed by atoms with Crippen LogP contribution in [0.3, 0.4) is 0 Å². The lowest BCUT2D eigenvalue weighted by atomic mass is 10.0. The van der Waals surface area contributed by atoms with Crippen molar-refractivity contribution in [2.45, 2.75) is 25.8 Å². The van der Waals surface area contributed by atoms with E-state index in [0.717, 1.165) is 24.9 Å². The first-order valence-electron chi connectivity index (χ1n) is 5.30. The Bertz CT molecular complexity index is 382. The minimum Gasteiger partial charge on any atom is -0.310 e. The molecule has 1 nitrogen and oxygen atoms in total. The number of nitrogens with one attached hydrogen (secondary N) is 1. The van der Waals surface area contributed by atoms with Crippen LogP contribution < -0.4 is 5.32 Å². The lowest BCUT2D eigenvalue weighted by Gasteiger charge is -2.18. The summed E-state index contributed by atoms with van der Waals surface area (Å²) >= 11 is 12.0. The average Bonchev–Trinajstić information content (AvgIpc) is 2.25. The molecule has 1 unspecified atom stereocenters. The van der Waals surface area contributed by atoms with Crippen molar-refractivity contribution in [3.8, 4) is 12.3 Å². The molecule has 0 fully saturated rings. The van der Waals surface area contributed by atoms with Gasteiger partial charge in [-0.05, 0) is 30.7 Å². The standard InChI is InChI=1S/C13H15Cl2N/c1-3-5-6-13(16-4-2)11-8-7-10(14)9-12(11)15/h1,7-9,13,16H,4-6H2,2H3. The second-order valence-corrected chi connectivity index (χ2v) is 4.36. The van der Waals surface area contributed by atoms with E-state index in [-0.39, 0.29) is 6.04 Å². The third kappa shape index (κ3) is 3.72. The van der Waals surface area contributed by atoms with Crippen LogP contribution in [0.5, 0.6) is 0 Å². The highest BCUT2D eigenvalue weighted by atomic mass is 35.5. The lowest BCUT2D eigenvalue weighted by molar-refractivity contribution is 0.523. The molecule has 0 aromatic heterocycles. The molecule has 0 saturated carbocycles. The molecule has 16 heavy (non-hydrogen) atoms. The van der Waals surface area contributed by atoms with Crippen molar-refractivity contribution in [1.29, 1.82) is 0 Å². The number of hydrogen-bond donors (Lipinski definition) is 1. The monoisotopic (exact) mass is 255 g/mol. The summed E-state index contributed by atoms with van der Waals surface area (Å²) in [5.74, 6) is 2.65. The Morgan fingerprint density at radius 2 is 2.19 bits per heavy atom. The van der Waals surface area contributed by atoms with Crippen LogP contribution in [0.1, 0.15) is 31.4 Å². The van der Waals surface area contributed by atoms with Gasteiger partial charge >= 0.3 is 0 Å². The van der Waals surface area contributed by atoms with E-state index in [4.69, 9.17) is 29.6 Å². The summed E-state index contributed by atoms with van der Waals surface area (Å²) in [6.45, 7) is 2.95. The van der Waals surface area contributed by atoms with Gasteiger partial charge in [0.1, 0.15) is 0 Å². The average molecular weight is 256 g/mol. The van der Waals surface area contributed by atoms with Crippen LogP contribution in [0.25, 0.3) is 0 Å². The van der Waals surface area contributed by atoms with Gasteiger partial charge in [-0.15, -0.1) is 12.3 Å². The second-order valence-electron chi connectivity index (χ2n) is 3.52. The molecule has 0 amide bonds. The molecule has 0 aliphatic carbocycles. The molecule has 0 heterocycles. The van der Waals surface area contributed by atoms with Gasteiger partial charge in [-0.2, -0.15) is 0 Å². The van der Waals surface area contributed by atoms with E-state index < -0.39 is 0 Å². The molecule has 0 radical (unpaired) electrons. The first-order chi connectivity index (χ1) is 7.69. The molecular formula is C13H15Cl2N. The van der Waals surface area contributed by atoms with E-state index in [1.54, 1.807) is 6.07 Å². The SMILES string of the molecule is C#CCCC(NCC)c1ccc(Cl)cc1Cl. The Labute approximate surface area is 107 Å². The quantitative estimate of drug-likeness (QED) is 0.783. The van der Waals surface area contributed by atoms with Crippen LogP contribution in [0.15, 0.2) is 18.2 Å². The van der Waals surface area contributed by atoms with Crippen molar-refractivity contribution in [1.82, 2.24) is 5.32 Å².